The van der Waals surface area contributed by atoms with Crippen molar-refractivity contribution in [2.75, 3.05) is 58.7 Å². The molecule has 47 heavy (non-hydrogen) atoms. The summed E-state index contributed by atoms with van der Waals surface area (Å²) < 4.78 is 0.549. The van der Waals surface area contributed by atoms with Gasteiger partial charge in [-0.15, -0.1) is 0 Å². The highest BCUT2D eigenvalue weighted by molar-refractivity contribution is 8.26. The summed E-state index contributed by atoms with van der Waals surface area (Å²) in [6.45, 7) is 16.4. The van der Waals surface area contributed by atoms with Crippen molar-refractivity contribution in [2.45, 2.75) is 62.3 Å². The van der Waals surface area contributed by atoms with E-state index in [1.807, 2.05) is 62.3 Å². The number of anilines is 1. The number of nitrogens with zero attached hydrogens (tertiary/aromatic N) is 2. The highest BCUT2D eigenvalue weighted by atomic mass is 32.2. The number of rotatable bonds is 12. The van der Waals surface area contributed by atoms with Crippen molar-refractivity contribution in [1.82, 2.24) is 20.4 Å². The molecule has 2 amide bonds. The number of aliphatic carboxylic acids is 3. The molecule has 272 valence electrons. The van der Waals surface area contributed by atoms with Gasteiger partial charge in [-0.05, 0) is 6.92 Å². The minimum absolute atomic E-state index is 0.0139. The Bertz CT molecular complexity index is 1170. The van der Waals surface area contributed by atoms with Crippen LogP contribution in [0.15, 0.2) is 20.6 Å². The lowest BCUT2D eigenvalue weighted by molar-refractivity contribution is -0.143. The van der Waals surface area contributed by atoms with Gasteiger partial charge >= 0.3 is 17.9 Å². The first-order valence-corrected chi connectivity index (χ1v) is 16.1. The Kier molecular flexibility index (Phi) is 37.5. The largest absolute Gasteiger partial charge is 0.502 e. The summed E-state index contributed by atoms with van der Waals surface area (Å²) in [5, 5.41) is 42.0. The number of carbonyl (C=O) groups is 5. The average molecular weight is 712 g/mol. The Morgan fingerprint density at radius 1 is 0.766 bits per heavy atom. The van der Waals surface area contributed by atoms with Gasteiger partial charge in [0.1, 0.15) is 10.0 Å². The van der Waals surface area contributed by atoms with Crippen molar-refractivity contribution in [3.63, 3.8) is 0 Å². The van der Waals surface area contributed by atoms with Crippen LogP contribution in [0.5, 0.6) is 5.75 Å². The molecule has 0 atom stereocenters. The smallest absolute Gasteiger partial charge is 0.317 e. The molecule has 0 radical (unpaired) electrons. The highest BCUT2D eigenvalue weighted by Crippen LogP contribution is 2.22. The number of hydrogen-bond donors (Lipinski definition) is 7. The maximum atomic E-state index is 11.3. The third kappa shape index (κ3) is 26.0. The third-order valence-corrected chi connectivity index (χ3v) is 5.78. The second-order valence-electron chi connectivity index (χ2n) is 7.40. The van der Waals surface area contributed by atoms with E-state index in [1.165, 1.54) is 30.8 Å². The molecule has 0 spiro atoms. The number of nitrogens with one attached hydrogen (secondary N) is 3. The van der Waals surface area contributed by atoms with E-state index in [2.05, 4.69) is 16.0 Å². The Balaban J connectivity index is -0.000000186. The van der Waals surface area contributed by atoms with Crippen molar-refractivity contribution in [1.29, 1.82) is 0 Å². The fraction of sp³-hybridized carbons (Fsp3) is 0.586. The summed E-state index contributed by atoms with van der Waals surface area (Å²) in [5.41, 5.74) is -1.44. The number of allylic oxidation sites excluding steroid dienone is 1. The summed E-state index contributed by atoms with van der Waals surface area (Å²) in [6, 6.07) is 0. The standard InChI is InChI=1S/C11H19N3O7.C5H5NO3.C5H5NOS2.4C2H6/c1-12-8(15)4-13(5-9(16)17)2-3-14(6-10(18)19)7-11(20)21;1-6-2-3(7)5(9)4(2)8;1-2-3-4(7)6-5(8)9-3;4*1-2/h2-7H2,1H3,(H,12,15)(H,16,17)(H,18,19)(H,20,21);6-7H,1H3;2H,1H3,(H,6,7,8);4*1-2H3/b;;3-2-;;;;. The van der Waals surface area contributed by atoms with Crippen LogP contribution in [0.1, 0.15) is 62.3 Å². The molecule has 18 heteroatoms. The van der Waals surface area contributed by atoms with Gasteiger partial charge in [0.15, 0.2) is 5.75 Å². The van der Waals surface area contributed by atoms with E-state index in [0.29, 0.717) is 9.23 Å². The number of carboxylic acids is 3. The van der Waals surface area contributed by atoms with Crippen LogP contribution in [0.25, 0.3) is 0 Å². The Morgan fingerprint density at radius 2 is 1.15 bits per heavy atom. The van der Waals surface area contributed by atoms with Gasteiger partial charge < -0.3 is 36.4 Å². The number of thiocarbonyl (C=S) groups is 1. The number of hydrogen-bond acceptors (Lipinski definition) is 13. The van der Waals surface area contributed by atoms with E-state index in [9.17, 15) is 33.6 Å². The van der Waals surface area contributed by atoms with Crippen LogP contribution in [-0.2, 0) is 24.0 Å². The number of amides is 2. The molecule has 1 heterocycles. The molecule has 0 unspecified atom stereocenters. The number of aromatic hydroxyl groups is 1. The monoisotopic (exact) mass is 711 g/mol. The zero-order valence-corrected chi connectivity index (χ0v) is 30.8. The average Bonchev–Trinajstić information content (AvgIpc) is 3.39. The molecule has 0 bridgehead atoms. The summed E-state index contributed by atoms with van der Waals surface area (Å²) in [6.07, 6.45) is 1.75. The van der Waals surface area contributed by atoms with Crippen molar-refractivity contribution in [2.24, 2.45) is 0 Å². The topological polar surface area (TPSA) is 243 Å². The first-order valence-electron chi connectivity index (χ1n) is 14.9. The van der Waals surface area contributed by atoms with Crippen molar-refractivity contribution in [3.8, 4) is 5.75 Å². The quantitative estimate of drug-likeness (QED) is 0.0928. The second kappa shape index (κ2) is 33.5. The lowest BCUT2D eigenvalue weighted by Gasteiger charge is -2.24. The number of thioether (sulfide) groups is 1. The van der Waals surface area contributed by atoms with E-state index in [-0.39, 0.29) is 37.1 Å². The molecule has 0 saturated carbocycles. The van der Waals surface area contributed by atoms with Gasteiger partial charge in [0.25, 0.3) is 16.8 Å². The molecule has 16 nitrogen and oxygen atoms in total. The molecule has 7 N–H and O–H groups in total. The zero-order chi connectivity index (χ0) is 38.3. The minimum atomic E-state index is -1.19. The van der Waals surface area contributed by atoms with Crippen LogP contribution in [0.4, 0.5) is 5.69 Å². The van der Waals surface area contributed by atoms with Crippen LogP contribution in [0, 0.1) is 0 Å². The van der Waals surface area contributed by atoms with Gasteiger partial charge in [0.05, 0.1) is 31.1 Å². The van der Waals surface area contributed by atoms with Gasteiger partial charge in [-0.25, -0.2) is 0 Å². The molecule has 0 aromatic heterocycles. The van der Waals surface area contributed by atoms with Crippen molar-refractivity contribution < 1.29 is 44.4 Å². The van der Waals surface area contributed by atoms with Crippen LogP contribution in [-0.4, -0.2) is 118 Å². The normalized spacial score (nSPS) is 11.6. The Hall–Kier alpha value is -3.87. The number of carbonyl (C=O) groups excluding carboxylic acids is 2. The molecule has 2 rings (SSSR count). The Labute approximate surface area is 286 Å². The minimum Gasteiger partial charge on any atom is -0.502 e. The summed E-state index contributed by atoms with van der Waals surface area (Å²) in [5.74, 6) is -4.43. The van der Waals surface area contributed by atoms with Crippen LogP contribution < -0.4 is 26.8 Å². The fourth-order valence-corrected chi connectivity index (χ4v) is 3.66. The zero-order valence-electron chi connectivity index (χ0n) is 29.2. The fourth-order valence-electron chi connectivity index (χ4n) is 2.69. The van der Waals surface area contributed by atoms with E-state index >= 15 is 0 Å². The maximum Gasteiger partial charge on any atom is 0.317 e. The lowest BCUT2D eigenvalue weighted by Crippen LogP contribution is -2.44. The first-order chi connectivity index (χ1) is 22.2. The van der Waals surface area contributed by atoms with Gasteiger partial charge in [0, 0.05) is 27.2 Å². The van der Waals surface area contributed by atoms with Gasteiger partial charge in [-0.2, -0.15) is 0 Å². The molecule has 1 aromatic carbocycles. The Morgan fingerprint density at radius 3 is 1.36 bits per heavy atom. The molecule has 1 saturated heterocycles. The number of likely N-dealkylation sites (N-methyl/N-ethyl adjacent to an activating group) is 1. The molecule has 0 aliphatic carbocycles. The lowest BCUT2D eigenvalue weighted by atomic mass is 10.2. The molecular weight excluding hydrogens is 658 g/mol. The van der Waals surface area contributed by atoms with Crippen molar-refractivity contribution in [3.05, 3.63) is 31.4 Å². The predicted molar refractivity (Wildman–Crippen MR) is 190 cm³/mol. The molecule has 1 aliphatic rings. The van der Waals surface area contributed by atoms with Crippen LogP contribution in [0.3, 0.4) is 0 Å². The van der Waals surface area contributed by atoms with Crippen LogP contribution in [0.2, 0.25) is 0 Å². The van der Waals surface area contributed by atoms with E-state index in [4.69, 9.17) is 32.6 Å². The highest BCUT2D eigenvalue weighted by Gasteiger charge is 2.21. The molecule has 1 aliphatic heterocycles. The first kappa shape index (κ1) is 52.7. The summed E-state index contributed by atoms with van der Waals surface area (Å²) in [7, 11) is 2.87. The van der Waals surface area contributed by atoms with Crippen LogP contribution >= 0.6 is 24.0 Å². The van der Waals surface area contributed by atoms with Gasteiger partial charge in [-0.1, -0.05) is 85.4 Å². The van der Waals surface area contributed by atoms with Crippen molar-refractivity contribution >= 4 is 63.7 Å². The predicted octanol–water partition coefficient (Wildman–Crippen LogP) is 1.76. The second-order valence-corrected chi connectivity index (χ2v) is 9.12. The summed E-state index contributed by atoms with van der Waals surface area (Å²) >= 11 is 6.04. The third-order valence-electron chi connectivity index (χ3n) is 4.49. The van der Waals surface area contributed by atoms with E-state index < -0.39 is 54.1 Å². The van der Waals surface area contributed by atoms with Gasteiger partial charge in [0.2, 0.25) is 5.91 Å². The number of carboxylic acid groups (broad SMARTS) is 3. The molecular formula is C29H53N5O11S2. The van der Waals surface area contributed by atoms with E-state index in [0.717, 1.165) is 4.90 Å². The SMILES string of the molecule is C/C=C1\SC(=S)NC1=O.CC.CC.CC.CC.CNC(=O)CN(CCN(CC(=O)O)CC(=O)O)CC(=O)O.CNc1c(O)c(=O)c1=O. The van der Waals surface area contributed by atoms with Gasteiger partial charge in [-0.3, -0.25) is 43.4 Å². The summed E-state index contributed by atoms with van der Waals surface area (Å²) in [4.78, 5) is 77.7. The maximum absolute atomic E-state index is 11.3. The van der Waals surface area contributed by atoms with E-state index in [1.54, 1.807) is 6.08 Å². The molecule has 1 aromatic rings. The molecule has 1 fully saturated rings.